The van der Waals surface area contributed by atoms with Gasteiger partial charge in [0.25, 0.3) is 0 Å². The molecule has 0 aromatic heterocycles. The highest BCUT2D eigenvalue weighted by Gasteiger charge is 2.08. The average molecular weight is 235 g/mol. The van der Waals surface area contributed by atoms with Crippen LogP contribution in [-0.4, -0.2) is 32.4 Å². The van der Waals surface area contributed by atoms with E-state index in [1.54, 1.807) is 0 Å². The molecule has 0 amide bonds. The molecule has 4 N–H and O–H groups in total. The van der Waals surface area contributed by atoms with Gasteiger partial charge < -0.3 is 11.1 Å². The van der Waals surface area contributed by atoms with Crippen LogP contribution in [0.25, 0.3) is 0 Å². The molecule has 90 valence electrons. The van der Waals surface area contributed by atoms with Crippen molar-refractivity contribution in [3.63, 3.8) is 0 Å². The number of sulfone groups is 1. The minimum atomic E-state index is -2.86. The molecule has 0 aromatic rings. The topological polar surface area (TPSA) is 96.0 Å². The number of nitrogens with one attached hydrogen (secondary N) is 2. The second kappa shape index (κ2) is 7.50. The molecular weight excluding hydrogens is 214 g/mol. The first-order valence-corrected chi connectivity index (χ1v) is 7.08. The van der Waals surface area contributed by atoms with E-state index in [2.05, 4.69) is 5.32 Å². The second-order valence-corrected chi connectivity index (χ2v) is 5.86. The van der Waals surface area contributed by atoms with Gasteiger partial charge in [0.05, 0.1) is 11.5 Å². The Labute approximate surface area is 91.9 Å². The van der Waals surface area contributed by atoms with E-state index in [0.717, 1.165) is 19.3 Å². The van der Waals surface area contributed by atoms with Crippen molar-refractivity contribution in [2.45, 2.75) is 32.6 Å². The monoisotopic (exact) mass is 235 g/mol. The van der Waals surface area contributed by atoms with E-state index in [4.69, 9.17) is 11.1 Å². The standard InChI is InChI=1S/C9H21N3O2S/c1-2-3-7-15(13,14)8-5-4-6-12-9(10)11/h2-8H2,1H3,(H4,10,11,12). The summed E-state index contributed by atoms with van der Waals surface area (Å²) in [6.07, 6.45) is 3.01. The minimum absolute atomic E-state index is 0.0659. The highest BCUT2D eigenvalue weighted by Crippen LogP contribution is 2.00. The van der Waals surface area contributed by atoms with Gasteiger partial charge >= 0.3 is 0 Å². The quantitative estimate of drug-likeness (QED) is 0.323. The Morgan fingerprint density at radius 1 is 1.27 bits per heavy atom. The average Bonchev–Trinajstić information content (AvgIpc) is 2.14. The Morgan fingerprint density at radius 3 is 2.40 bits per heavy atom. The van der Waals surface area contributed by atoms with Crippen LogP contribution in [0.15, 0.2) is 0 Å². The molecule has 0 aliphatic heterocycles. The van der Waals surface area contributed by atoms with Gasteiger partial charge in [-0.1, -0.05) is 13.3 Å². The SMILES string of the molecule is CCCCS(=O)(=O)CCCCNC(=N)N. The van der Waals surface area contributed by atoms with E-state index in [1.807, 2.05) is 6.92 Å². The summed E-state index contributed by atoms with van der Waals surface area (Å²) in [5.74, 6) is 0.472. The van der Waals surface area contributed by atoms with Crippen molar-refractivity contribution in [1.29, 1.82) is 5.41 Å². The number of hydrogen-bond donors (Lipinski definition) is 3. The maximum Gasteiger partial charge on any atom is 0.185 e. The van der Waals surface area contributed by atoms with Gasteiger partial charge in [-0.15, -0.1) is 0 Å². The van der Waals surface area contributed by atoms with Crippen molar-refractivity contribution in [3.8, 4) is 0 Å². The fraction of sp³-hybridized carbons (Fsp3) is 0.889. The van der Waals surface area contributed by atoms with E-state index in [9.17, 15) is 8.42 Å². The molecular formula is C9H21N3O2S. The summed E-state index contributed by atoms with van der Waals surface area (Å²) in [6.45, 7) is 2.55. The van der Waals surface area contributed by atoms with Crippen LogP contribution >= 0.6 is 0 Å². The Morgan fingerprint density at radius 2 is 1.87 bits per heavy atom. The zero-order valence-electron chi connectivity index (χ0n) is 9.25. The van der Waals surface area contributed by atoms with Crippen LogP contribution in [0.5, 0.6) is 0 Å². The number of guanidine groups is 1. The third-order valence-corrected chi connectivity index (χ3v) is 3.83. The molecule has 0 aliphatic rings. The fourth-order valence-electron chi connectivity index (χ4n) is 1.14. The number of rotatable bonds is 8. The third-order valence-electron chi connectivity index (χ3n) is 2.01. The van der Waals surface area contributed by atoms with Gasteiger partial charge in [0.15, 0.2) is 5.96 Å². The summed E-state index contributed by atoms with van der Waals surface area (Å²) < 4.78 is 22.8. The smallest absolute Gasteiger partial charge is 0.185 e. The lowest BCUT2D eigenvalue weighted by atomic mass is 10.3. The minimum Gasteiger partial charge on any atom is -0.370 e. The predicted molar refractivity (Wildman–Crippen MR) is 62.7 cm³/mol. The normalized spacial score (nSPS) is 11.3. The van der Waals surface area contributed by atoms with Gasteiger partial charge in [-0.3, -0.25) is 5.41 Å². The van der Waals surface area contributed by atoms with Crippen LogP contribution in [-0.2, 0) is 9.84 Å². The van der Waals surface area contributed by atoms with Crippen LogP contribution in [0.1, 0.15) is 32.6 Å². The van der Waals surface area contributed by atoms with E-state index in [1.165, 1.54) is 0 Å². The summed E-state index contributed by atoms with van der Waals surface area (Å²) in [5.41, 5.74) is 5.08. The molecule has 0 heterocycles. The van der Waals surface area contributed by atoms with E-state index in [-0.39, 0.29) is 11.7 Å². The lowest BCUT2D eigenvalue weighted by Crippen LogP contribution is -2.31. The van der Waals surface area contributed by atoms with Crippen molar-refractivity contribution >= 4 is 15.8 Å². The third kappa shape index (κ3) is 9.52. The first kappa shape index (κ1) is 14.2. The first-order chi connectivity index (χ1) is 6.98. The van der Waals surface area contributed by atoms with E-state index < -0.39 is 9.84 Å². The summed E-state index contributed by atoms with van der Waals surface area (Å²) in [4.78, 5) is 0. The van der Waals surface area contributed by atoms with Gasteiger partial charge in [-0.05, 0) is 19.3 Å². The van der Waals surface area contributed by atoms with Gasteiger partial charge in [0, 0.05) is 6.54 Å². The molecule has 0 rings (SSSR count). The summed E-state index contributed by atoms with van der Waals surface area (Å²) in [5, 5.41) is 9.53. The second-order valence-electron chi connectivity index (χ2n) is 3.55. The van der Waals surface area contributed by atoms with Gasteiger partial charge in [0.2, 0.25) is 0 Å². The van der Waals surface area contributed by atoms with Crippen LogP contribution in [0.4, 0.5) is 0 Å². The molecule has 0 aromatic carbocycles. The maximum atomic E-state index is 11.4. The van der Waals surface area contributed by atoms with Gasteiger partial charge in [-0.25, -0.2) is 8.42 Å². The summed E-state index contributed by atoms with van der Waals surface area (Å²) >= 11 is 0. The zero-order chi connectivity index (χ0) is 11.7. The Bertz CT molecular complexity index is 275. The predicted octanol–water partition coefficient (Wildman–Crippen LogP) is 0.465. The number of hydrogen-bond acceptors (Lipinski definition) is 3. The van der Waals surface area contributed by atoms with Crippen molar-refractivity contribution in [3.05, 3.63) is 0 Å². The molecule has 0 unspecified atom stereocenters. The molecule has 0 aliphatic carbocycles. The maximum absolute atomic E-state index is 11.4. The lowest BCUT2D eigenvalue weighted by molar-refractivity contribution is 0.587. The van der Waals surface area contributed by atoms with Crippen LogP contribution in [0.3, 0.4) is 0 Å². The largest absolute Gasteiger partial charge is 0.370 e. The molecule has 0 bridgehead atoms. The molecule has 0 atom stereocenters. The molecule has 0 fully saturated rings. The fourth-order valence-corrected chi connectivity index (χ4v) is 2.71. The number of unbranched alkanes of at least 4 members (excludes halogenated alkanes) is 2. The van der Waals surface area contributed by atoms with Crippen LogP contribution < -0.4 is 11.1 Å². The van der Waals surface area contributed by atoms with E-state index >= 15 is 0 Å². The van der Waals surface area contributed by atoms with Crippen LogP contribution in [0.2, 0.25) is 0 Å². The molecule has 6 heteroatoms. The van der Waals surface area contributed by atoms with Crippen molar-refractivity contribution in [2.24, 2.45) is 5.73 Å². The highest BCUT2D eigenvalue weighted by molar-refractivity contribution is 7.91. The van der Waals surface area contributed by atoms with E-state index in [0.29, 0.717) is 18.7 Å². The van der Waals surface area contributed by atoms with Gasteiger partial charge in [0.1, 0.15) is 9.84 Å². The lowest BCUT2D eigenvalue weighted by Gasteiger charge is -2.04. The van der Waals surface area contributed by atoms with Gasteiger partial charge in [-0.2, -0.15) is 0 Å². The molecule has 0 radical (unpaired) electrons. The Balaban J connectivity index is 3.53. The summed E-state index contributed by atoms with van der Waals surface area (Å²) in [6, 6.07) is 0. The summed E-state index contributed by atoms with van der Waals surface area (Å²) in [7, 11) is -2.86. The molecule has 15 heavy (non-hydrogen) atoms. The van der Waals surface area contributed by atoms with Crippen molar-refractivity contribution in [1.82, 2.24) is 5.32 Å². The van der Waals surface area contributed by atoms with Crippen molar-refractivity contribution < 1.29 is 8.42 Å². The Kier molecular flexibility index (Phi) is 7.11. The highest BCUT2D eigenvalue weighted by atomic mass is 32.2. The molecule has 5 nitrogen and oxygen atoms in total. The molecule has 0 saturated heterocycles. The Hall–Kier alpha value is -0.780. The molecule has 0 spiro atoms. The van der Waals surface area contributed by atoms with Crippen LogP contribution in [0, 0.1) is 5.41 Å². The molecule has 0 saturated carbocycles. The number of nitrogens with two attached hydrogens (primary N) is 1. The zero-order valence-corrected chi connectivity index (χ0v) is 10.1. The van der Waals surface area contributed by atoms with Crippen molar-refractivity contribution in [2.75, 3.05) is 18.1 Å². The first-order valence-electron chi connectivity index (χ1n) is 5.26.